The van der Waals surface area contributed by atoms with Crippen molar-refractivity contribution in [1.82, 2.24) is 9.55 Å². The van der Waals surface area contributed by atoms with E-state index in [1.54, 1.807) is 19.2 Å². The van der Waals surface area contributed by atoms with E-state index in [4.69, 9.17) is 5.73 Å². The molecule has 2 aromatic heterocycles. The Hall–Kier alpha value is -2.48. The summed E-state index contributed by atoms with van der Waals surface area (Å²) < 4.78 is 1.22. The molecule has 0 unspecified atom stereocenters. The van der Waals surface area contributed by atoms with Gasteiger partial charge in [-0.2, -0.15) is 0 Å². The van der Waals surface area contributed by atoms with Crippen molar-refractivity contribution in [3.05, 3.63) is 44.9 Å². The van der Waals surface area contributed by atoms with Crippen LogP contribution in [0.15, 0.2) is 22.6 Å². The van der Waals surface area contributed by atoms with E-state index < -0.39 is 11.8 Å². The number of thiophene rings is 1. The van der Waals surface area contributed by atoms with Crippen molar-refractivity contribution in [1.29, 1.82) is 0 Å². The normalized spacial score (nSPS) is 10.4. The van der Waals surface area contributed by atoms with Crippen LogP contribution in [0.2, 0.25) is 0 Å². The molecule has 0 aliphatic carbocycles. The minimum absolute atomic E-state index is 0.178. The highest BCUT2D eigenvalue weighted by Gasteiger charge is 2.13. The number of aromatic nitrogens is 2. The first-order chi connectivity index (χ1) is 9.90. The van der Waals surface area contributed by atoms with Crippen molar-refractivity contribution in [2.75, 3.05) is 5.32 Å². The number of nitrogens with two attached hydrogens (primary N) is 1. The summed E-state index contributed by atoms with van der Waals surface area (Å²) in [6.45, 7) is 3.21. The second-order valence-electron chi connectivity index (χ2n) is 4.46. The first-order valence-corrected chi connectivity index (χ1v) is 6.98. The third-order valence-corrected chi connectivity index (χ3v) is 3.84. The summed E-state index contributed by atoms with van der Waals surface area (Å²) in [5.74, 6) is -1.04. The number of nitrogens with one attached hydrogen (secondary N) is 1. The third kappa shape index (κ3) is 3.16. The van der Waals surface area contributed by atoms with Gasteiger partial charge in [-0.05, 0) is 25.3 Å². The molecule has 0 saturated heterocycles. The van der Waals surface area contributed by atoms with Crippen molar-refractivity contribution in [2.24, 2.45) is 5.73 Å². The van der Waals surface area contributed by atoms with E-state index in [1.807, 2.05) is 0 Å². The zero-order valence-corrected chi connectivity index (χ0v) is 12.4. The van der Waals surface area contributed by atoms with Crippen LogP contribution in [-0.2, 0) is 11.3 Å². The van der Waals surface area contributed by atoms with Gasteiger partial charge in [0.25, 0.3) is 11.5 Å². The van der Waals surface area contributed by atoms with Crippen molar-refractivity contribution in [2.45, 2.75) is 20.4 Å². The number of rotatable bonds is 4. The second kappa shape index (κ2) is 5.88. The van der Waals surface area contributed by atoms with Crippen LogP contribution in [0.3, 0.4) is 0 Å². The highest BCUT2D eigenvalue weighted by atomic mass is 32.1. The SMILES string of the molecule is Cc1ncn(CC(=O)Nc2sccc2C(N)=O)c(=O)c1C. The van der Waals surface area contributed by atoms with Crippen LogP contribution in [0, 0.1) is 13.8 Å². The lowest BCUT2D eigenvalue weighted by Gasteiger charge is -2.08. The van der Waals surface area contributed by atoms with Crippen LogP contribution in [-0.4, -0.2) is 21.4 Å². The van der Waals surface area contributed by atoms with Crippen LogP contribution in [0.1, 0.15) is 21.6 Å². The molecule has 3 N–H and O–H groups in total. The molecule has 0 spiro atoms. The van der Waals surface area contributed by atoms with Crippen LogP contribution in [0.25, 0.3) is 0 Å². The summed E-state index contributed by atoms with van der Waals surface area (Å²) in [6.07, 6.45) is 1.33. The number of nitrogens with zero attached hydrogens (tertiary/aromatic N) is 2. The van der Waals surface area contributed by atoms with Gasteiger partial charge in [-0.3, -0.25) is 19.0 Å². The largest absolute Gasteiger partial charge is 0.366 e. The molecular weight excluding hydrogens is 292 g/mol. The summed E-state index contributed by atoms with van der Waals surface area (Å²) in [6, 6.07) is 1.53. The lowest BCUT2D eigenvalue weighted by molar-refractivity contribution is -0.116. The maximum Gasteiger partial charge on any atom is 0.256 e. The van der Waals surface area contributed by atoms with Gasteiger partial charge in [-0.15, -0.1) is 11.3 Å². The van der Waals surface area contributed by atoms with Gasteiger partial charge >= 0.3 is 0 Å². The zero-order chi connectivity index (χ0) is 15.6. The van der Waals surface area contributed by atoms with E-state index in [9.17, 15) is 14.4 Å². The van der Waals surface area contributed by atoms with Gasteiger partial charge < -0.3 is 11.1 Å². The lowest BCUT2D eigenvalue weighted by Crippen LogP contribution is -2.30. The number of primary amides is 1. The maximum absolute atomic E-state index is 12.0. The van der Waals surface area contributed by atoms with E-state index in [-0.39, 0.29) is 17.7 Å². The predicted octanol–water partition coefficient (Wildman–Crippen LogP) is 0.659. The molecule has 0 aliphatic heterocycles. The molecule has 8 heteroatoms. The Bertz CT molecular complexity index is 763. The summed E-state index contributed by atoms with van der Waals surface area (Å²) >= 11 is 1.19. The summed E-state index contributed by atoms with van der Waals surface area (Å²) in [5, 5.41) is 4.60. The minimum Gasteiger partial charge on any atom is -0.366 e. The molecule has 0 fully saturated rings. The van der Waals surface area contributed by atoms with Gasteiger partial charge in [0.15, 0.2) is 0 Å². The topological polar surface area (TPSA) is 107 Å². The zero-order valence-electron chi connectivity index (χ0n) is 11.5. The molecule has 7 nitrogen and oxygen atoms in total. The minimum atomic E-state index is -0.614. The number of anilines is 1. The van der Waals surface area contributed by atoms with Gasteiger partial charge in [0.1, 0.15) is 11.5 Å². The van der Waals surface area contributed by atoms with E-state index in [0.717, 1.165) is 0 Å². The maximum atomic E-state index is 12.0. The van der Waals surface area contributed by atoms with Crippen molar-refractivity contribution >= 4 is 28.2 Å². The highest BCUT2D eigenvalue weighted by Crippen LogP contribution is 2.22. The fraction of sp³-hybridized carbons (Fsp3) is 0.231. The molecule has 0 aromatic carbocycles. The molecule has 0 bridgehead atoms. The molecule has 2 heterocycles. The summed E-state index contributed by atoms with van der Waals surface area (Å²) in [5.41, 5.74) is 6.31. The number of aryl methyl sites for hydroxylation is 1. The van der Waals surface area contributed by atoms with Crippen molar-refractivity contribution in [3.63, 3.8) is 0 Å². The number of hydrogen-bond donors (Lipinski definition) is 2. The lowest BCUT2D eigenvalue weighted by atomic mass is 10.3. The van der Waals surface area contributed by atoms with E-state index in [1.165, 1.54) is 28.3 Å². The standard InChI is InChI=1S/C13H14N4O3S/c1-7-8(2)15-6-17(13(7)20)5-10(18)16-12-9(11(14)19)3-4-21-12/h3-4,6H,5H2,1-2H3,(H2,14,19)(H,16,18). The van der Waals surface area contributed by atoms with Crippen LogP contribution < -0.4 is 16.6 Å². The Balaban J connectivity index is 2.16. The molecule has 2 rings (SSSR count). The summed E-state index contributed by atoms with van der Waals surface area (Å²) in [4.78, 5) is 39.2. The Kier molecular flexibility index (Phi) is 4.18. The molecule has 21 heavy (non-hydrogen) atoms. The number of amides is 2. The average Bonchev–Trinajstić information content (AvgIpc) is 2.88. The predicted molar refractivity (Wildman–Crippen MR) is 79.4 cm³/mol. The Morgan fingerprint density at radius 3 is 2.81 bits per heavy atom. The Morgan fingerprint density at radius 1 is 1.43 bits per heavy atom. The molecule has 0 atom stereocenters. The van der Waals surface area contributed by atoms with Crippen LogP contribution in [0.5, 0.6) is 0 Å². The van der Waals surface area contributed by atoms with Gasteiger partial charge in [0, 0.05) is 11.3 Å². The molecule has 110 valence electrons. The average molecular weight is 306 g/mol. The number of carbonyl (C=O) groups excluding carboxylic acids is 2. The van der Waals surface area contributed by atoms with Crippen LogP contribution in [0.4, 0.5) is 5.00 Å². The van der Waals surface area contributed by atoms with E-state index >= 15 is 0 Å². The second-order valence-corrected chi connectivity index (χ2v) is 5.38. The molecule has 2 aromatic rings. The van der Waals surface area contributed by atoms with Gasteiger partial charge in [-0.25, -0.2) is 4.98 Å². The first-order valence-electron chi connectivity index (χ1n) is 6.10. The third-order valence-electron chi connectivity index (χ3n) is 3.01. The molecule has 0 radical (unpaired) electrons. The first kappa shape index (κ1) is 14.9. The fourth-order valence-corrected chi connectivity index (χ4v) is 2.52. The quantitative estimate of drug-likeness (QED) is 0.865. The summed E-state index contributed by atoms with van der Waals surface area (Å²) in [7, 11) is 0. The van der Waals surface area contributed by atoms with Gasteiger partial charge in [-0.1, -0.05) is 0 Å². The van der Waals surface area contributed by atoms with E-state index in [2.05, 4.69) is 10.3 Å². The fourth-order valence-electron chi connectivity index (χ4n) is 1.71. The number of carbonyl (C=O) groups is 2. The Labute approximate surface area is 124 Å². The smallest absolute Gasteiger partial charge is 0.256 e. The highest BCUT2D eigenvalue weighted by molar-refractivity contribution is 7.14. The van der Waals surface area contributed by atoms with Gasteiger partial charge in [0.05, 0.1) is 11.9 Å². The monoisotopic (exact) mass is 306 g/mol. The van der Waals surface area contributed by atoms with Crippen molar-refractivity contribution in [3.8, 4) is 0 Å². The molecule has 2 amide bonds. The Morgan fingerprint density at radius 2 is 2.14 bits per heavy atom. The van der Waals surface area contributed by atoms with Crippen molar-refractivity contribution < 1.29 is 9.59 Å². The van der Waals surface area contributed by atoms with E-state index in [0.29, 0.717) is 16.3 Å². The molecular formula is C13H14N4O3S. The van der Waals surface area contributed by atoms with Crippen LogP contribution >= 0.6 is 11.3 Å². The number of hydrogen-bond acceptors (Lipinski definition) is 5. The molecule has 0 saturated carbocycles. The molecule has 0 aliphatic rings. The van der Waals surface area contributed by atoms with Gasteiger partial charge in [0.2, 0.25) is 5.91 Å².